The minimum atomic E-state index is -0.781. The highest BCUT2D eigenvalue weighted by Gasteiger charge is 2.38. The van der Waals surface area contributed by atoms with E-state index in [1.807, 2.05) is 0 Å². The molecular weight excluding hydrogens is 318 g/mol. The lowest BCUT2D eigenvalue weighted by Crippen LogP contribution is -2.35. The summed E-state index contributed by atoms with van der Waals surface area (Å²) < 4.78 is 0. The Hall–Kier alpha value is -1.94. The lowest BCUT2D eigenvalue weighted by atomic mass is 9.89. The molecule has 1 N–H and O–H groups in total. The fourth-order valence-corrected chi connectivity index (χ4v) is 5.01. The molecule has 0 aromatic heterocycles. The maximum atomic E-state index is 11.7. The molecule has 0 radical (unpaired) electrons. The van der Waals surface area contributed by atoms with Crippen LogP contribution in [0.15, 0.2) is 48.5 Å². The fourth-order valence-electron chi connectivity index (χ4n) is 4.29. The van der Waals surface area contributed by atoms with Gasteiger partial charge in [-0.2, -0.15) is 11.8 Å². The Morgan fingerprint density at radius 3 is 2.25 bits per heavy atom. The van der Waals surface area contributed by atoms with Gasteiger partial charge in [-0.15, -0.1) is 0 Å². The maximum Gasteiger partial charge on any atom is 0.407 e. The number of thioether (sulfide) groups is 1. The predicted molar refractivity (Wildman–Crippen MR) is 98.8 cm³/mol. The summed E-state index contributed by atoms with van der Waals surface area (Å²) in [4.78, 5) is 13.3. The van der Waals surface area contributed by atoms with E-state index in [9.17, 15) is 9.90 Å². The molecular formula is C20H21NO2S. The van der Waals surface area contributed by atoms with Crippen LogP contribution in [-0.4, -0.2) is 40.2 Å². The van der Waals surface area contributed by atoms with Crippen LogP contribution < -0.4 is 0 Å². The molecule has 124 valence electrons. The van der Waals surface area contributed by atoms with Gasteiger partial charge in [-0.25, -0.2) is 4.79 Å². The van der Waals surface area contributed by atoms with Crippen molar-refractivity contribution in [2.45, 2.75) is 30.1 Å². The number of amides is 1. The van der Waals surface area contributed by atoms with Gasteiger partial charge in [0.05, 0.1) is 0 Å². The molecule has 1 aliphatic heterocycles. The second-order valence-electron chi connectivity index (χ2n) is 6.64. The van der Waals surface area contributed by atoms with E-state index < -0.39 is 6.09 Å². The van der Waals surface area contributed by atoms with Crippen molar-refractivity contribution in [3.8, 4) is 11.1 Å². The molecule has 0 saturated carbocycles. The van der Waals surface area contributed by atoms with Crippen molar-refractivity contribution in [2.24, 2.45) is 0 Å². The molecule has 1 heterocycles. The molecule has 2 aromatic rings. The zero-order chi connectivity index (χ0) is 16.7. The molecule has 1 amide bonds. The molecule has 4 rings (SSSR count). The monoisotopic (exact) mass is 339 g/mol. The standard InChI is InChI=1S/C20H21NO2S/c1-24-14-10-13(21(12-14)20(22)23)11-19-17-8-4-2-6-15(17)16-7-3-5-9-18(16)19/h2-9,13-14,19H,10-12H2,1H3,(H,22,23). The summed E-state index contributed by atoms with van der Waals surface area (Å²) in [5.74, 6) is 0.296. The second kappa shape index (κ2) is 6.17. The lowest BCUT2D eigenvalue weighted by Gasteiger charge is -2.25. The predicted octanol–water partition coefficient (Wildman–Crippen LogP) is 4.67. The Labute approximate surface area is 146 Å². The number of benzene rings is 2. The van der Waals surface area contributed by atoms with Crippen molar-refractivity contribution < 1.29 is 9.90 Å². The van der Waals surface area contributed by atoms with E-state index in [2.05, 4.69) is 54.8 Å². The summed E-state index contributed by atoms with van der Waals surface area (Å²) in [5, 5.41) is 9.99. The van der Waals surface area contributed by atoms with E-state index in [1.165, 1.54) is 22.3 Å². The number of nitrogens with zero attached hydrogens (tertiary/aromatic N) is 1. The maximum absolute atomic E-state index is 11.7. The number of hydrogen-bond acceptors (Lipinski definition) is 2. The van der Waals surface area contributed by atoms with Gasteiger partial charge < -0.3 is 10.0 Å². The SMILES string of the molecule is CSC1CC(CC2c3ccccc3-c3ccccc32)N(C(=O)O)C1. The van der Waals surface area contributed by atoms with Gasteiger partial charge in [0.25, 0.3) is 0 Å². The smallest absolute Gasteiger partial charge is 0.407 e. The largest absolute Gasteiger partial charge is 0.465 e. The number of fused-ring (bicyclic) bond motifs is 3. The molecule has 1 saturated heterocycles. The average molecular weight is 339 g/mol. The van der Waals surface area contributed by atoms with Crippen LogP contribution in [-0.2, 0) is 0 Å². The Morgan fingerprint density at radius 1 is 1.12 bits per heavy atom. The van der Waals surface area contributed by atoms with Crippen molar-refractivity contribution in [1.29, 1.82) is 0 Å². The molecule has 24 heavy (non-hydrogen) atoms. The van der Waals surface area contributed by atoms with Crippen LogP contribution in [0.25, 0.3) is 11.1 Å². The Kier molecular flexibility index (Phi) is 4.01. The third-order valence-electron chi connectivity index (χ3n) is 5.43. The van der Waals surface area contributed by atoms with Crippen LogP contribution in [0.2, 0.25) is 0 Å². The molecule has 1 aliphatic carbocycles. The zero-order valence-corrected chi connectivity index (χ0v) is 14.5. The molecule has 3 nitrogen and oxygen atoms in total. The molecule has 4 heteroatoms. The molecule has 1 fully saturated rings. The van der Waals surface area contributed by atoms with Crippen molar-refractivity contribution in [2.75, 3.05) is 12.8 Å². The Bertz CT molecular complexity index is 730. The topological polar surface area (TPSA) is 40.5 Å². The third kappa shape index (κ3) is 2.49. The zero-order valence-electron chi connectivity index (χ0n) is 13.7. The van der Waals surface area contributed by atoms with E-state index in [1.54, 1.807) is 16.7 Å². The first-order chi connectivity index (χ1) is 11.7. The molecule has 2 unspecified atom stereocenters. The van der Waals surface area contributed by atoms with Crippen LogP contribution in [0.1, 0.15) is 29.9 Å². The van der Waals surface area contributed by atoms with Crippen LogP contribution in [0.5, 0.6) is 0 Å². The molecule has 0 spiro atoms. The lowest BCUT2D eigenvalue weighted by molar-refractivity contribution is 0.137. The van der Waals surface area contributed by atoms with Gasteiger partial charge in [0, 0.05) is 23.8 Å². The first-order valence-electron chi connectivity index (χ1n) is 8.39. The van der Waals surface area contributed by atoms with Crippen LogP contribution in [0.4, 0.5) is 4.79 Å². The van der Waals surface area contributed by atoms with E-state index in [4.69, 9.17) is 0 Å². The quantitative estimate of drug-likeness (QED) is 0.883. The molecule has 2 aliphatic rings. The van der Waals surface area contributed by atoms with Crippen LogP contribution in [0, 0.1) is 0 Å². The number of carbonyl (C=O) groups is 1. The van der Waals surface area contributed by atoms with E-state index in [-0.39, 0.29) is 6.04 Å². The van der Waals surface area contributed by atoms with E-state index >= 15 is 0 Å². The minimum Gasteiger partial charge on any atom is -0.465 e. The van der Waals surface area contributed by atoms with Gasteiger partial charge >= 0.3 is 6.09 Å². The van der Waals surface area contributed by atoms with Gasteiger partial charge in [0.15, 0.2) is 0 Å². The normalized spacial score (nSPS) is 22.5. The second-order valence-corrected chi connectivity index (χ2v) is 7.78. The van der Waals surface area contributed by atoms with Gasteiger partial charge in [-0.05, 0) is 41.4 Å². The number of hydrogen-bond donors (Lipinski definition) is 1. The van der Waals surface area contributed by atoms with Gasteiger partial charge in [-0.3, -0.25) is 0 Å². The van der Waals surface area contributed by atoms with Crippen molar-refractivity contribution in [3.63, 3.8) is 0 Å². The van der Waals surface area contributed by atoms with E-state index in [0.717, 1.165) is 12.8 Å². The number of rotatable bonds is 3. The Morgan fingerprint density at radius 2 is 1.71 bits per heavy atom. The van der Waals surface area contributed by atoms with Gasteiger partial charge in [0.1, 0.15) is 0 Å². The van der Waals surface area contributed by atoms with Crippen molar-refractivity contribution in [1.82, 2.24) is 4.90 Å². The van der Waals surface area contributed by atoms with E-state index in [0.29, 0.717) is 17.7 Å². The summed E-state index contributed by atoms with van der Waals surface area (Å²) in [7, 11) is 0. The van der Waals surface area contributed by atoms with Crippen molar-refractivity contribution >= 4 is 17.9 Å². The van der Waals surface area contributed by atoms with Gasteiger partial charge in [-0.1, -0.05) is 48.5 Å². The first-order valence-corrected chi connectivity index (χ1v) is 9.68. The highest BCUT2D eigenvalue weighted by atomic mass is 32.2. The van der Waals surface area contributed by atoms with Crippen LogP contribution in [0.3, 0.4) is 0 Å². The number of carboxylic acid groups (broad SMARTS) is 1. The third-order valence-corrected chi connectivity index (χ3v) is 6.43. The number of likely N-dealkylation sites (tertiary alicyclic amines) is 1. The summed E-state index contributed by atoms with van der Waals surface area (Å²) in [6.07, 6.45) is 3.12. The highest BCUT2D eigenvalue weighted by molar-refractivity contribution is 7.99. The molecule has 2 atom stereocenters. The summed E-state index contributed by atoms with van der Waals surface area (Å²) in [6, 6.07) is 17.2. The van der Waals surface area contributed by atoms with Gasteiger partial charge in [0.2, 0.25) is 0 Å². The minimum absolute atomic E-state index is 0.101. The molecule has 2 aromatic carbocycles. The first kappa shape index (κ1) is 15.6. The molecule has 0 bridgehead atoms. The highest BCUT2D eigenvalue weighted by Crippen LogP contribution is 2.48. The summed E-state index contributed by atoms with van der Waals surface area (Å²) >= 11 is 1.78. The van der Waals surface area contributed by atoms with Crippen molar-refractivity contribution in [3.05, 3.63) is 59.7 Å². The average Bonchev–Trinajstić information content (AvgIpc) is 3.16. The summed E-state index contributed by atoms with van der Waals surface area (Å²) in [5.41, 5.74) is 5.30. The Balaban J connectivity index is 1.68. The fraction of sp³-hybridized carbons (Fsp3) is 0.350. The van der Waals surface area contributed by atoms with Crippen LogP contribution >= 0.6 is 11.8 Å². The summed E-state index contributed by atoms with van der Waals surface area (Å²) in [6.45, 7) is 0.650.